The SMILES string of the molecule is NC(=O)Cc1ccc(NC(=O)c2ccc(O)cc2)cc1. The maximum absolute atomic E-state index is 11.9. The summed E-state index contributed by atoms with van der Waals surface area (Å²) < 4.78 is 0. The van der Waals surface area contributed by atoms with Crippen molar-refractivity contribution in [3.8, 4) is 5.75 Å². The number of phenols is 1. The highest BCUT2D eigenvalue weighted by molar-refractivity contribution is 6.04. The van der Waals surface area contributed by atoms with Crippen LogP contribution in [-0.2, 0) is 11.2 Å². The molecule has 5 nitrogen and oxygen atoms in total. The third-order valence-electron chi connectivity index (χ3n) is 2.72. The van der Waals surface area contributed by atoms with Crippen LogP contribution in [0.15, 0.2) is 48.5 Å². The molecule has 0 radical (unpaired) electrons. The smallest absolute Gasteiger partial charge is 0.255 e. The molecule has 0 aliphatic rings. The minimum atomic E-state index is -0.397. The van der Waals surface area contributed by atoms with Gasteiger partial charge in [-0.05, 0) is 42.0 Å². The van der Waals surface area contributed by atoms with Crippen LogP contribution in [0.1, 0.15) is 15.9 Å². The van der Waals surface area contributed by atoms with E-state index in [1.54, 1.807) is 24.3 Å². The summed E-state index contributed by atoms with van der Waals surface area (Å²) in [5.74, 6) is -0.559. The zero-order valence-electron chi connectivity index (χ0n) is 10.7. The topological polar surface area (TPSA) is 92.4 Å². The van der Waals surface area contributed by atoms with Gasteiger partial charge in [0.05, 0.1) is 6.42 Å². The molecular weight excluding hydrogens is 256 g/mol. The van der Waals surface area contributed by atoms with Gasteiger partial charge in [0, 0.05) is 11.3 Å². The molecule has 0 saturated carbocycles. The first kappa shape index (κ1) is 13.6. The number of rotatable bonds is 4. The summed E-state index contributed by atoms with van der Waals surface area (Å²) in [6.45, 7) is 0. The summed E-state index contributed by atoms with van der Waals surface area (Å²) in [5, 5.41) is 11.9. The van der Waals surface area contributed by atoms with Gasteiger partial charge in [0.15, 0.2) is 0 Å². The molecular formula is C15H14N2O3. The zero-order valence-corrected chi connectivity index (χ0v) is 10.7. The molecule has 4 N–H and O–H groups in total. The summed E-state index contributed by atoms with van der Waals surface area (Å²) in [5.41, 5.74) is 6.96. The number of primary amides is 1. The van der Waals surface area contributed by atoms with Crippen molar-refractivity contribution < 1.29 is 14.7 Å². The number of hydrogen-bond acceptors (Lipinski definition) is 3. The van der Waals surface area contributed by atoms with Crippen molar-refractivity contribution in [1.29, 1.82) is 0 Å². The maximum atomic E-state index is 11.9. The lowest BCUT2D eigenvalue weighted by atomic mass is 10.1. The second kappa shape index (κ2) is 5.88. The van der Waals surface area contributed by atoms with E-state index in [4.69, 9.17) is 10.8 Å². The van der Waals surface area contributed by atoms with Crippen molar-refractivity contribution in [2.45, 2.75) is 6.42 Å². The molecule has 0 spiro atoms. The van der Waals surface area contributed by atoms with E-state index in [2.05, 4.69) is 5.32 Å². The molecule has 102 valence electrons. The van der Waals surface area contributed by atoms with E-state index in [9.17, 15) is 9.59 Å². The van der Waals surface area contributed by atoms with Gasteiger partial charge in [-0.25, -0.2) is 0 Å². The molecule has 0 aliphatic heterocycles. The first-order chi connectivity index (χ1) is 9.54. The van der Waals surface area contributed by atoms with Gasteiger partial charge in [0.25, 0.3) is 5.91 Å². The zero-order chi connectivity index (χ0) is 14.5. The van der Waals surface area contributed by atoms with E-state index in [1.165, 1.54) is 24.3 Å². The molecule has 5 heteroatoms. The van der Waals surface area contributed by atoms with Gasteiger partial charge in [-0.3, -0.25) is 9.59 Å². The third-order valence-corrected chi connectivity index (χ3v) is 2.72. The lowest BCUT2D eigenvalue weighted by Gasteiger charge is -2.06. The van der Waals surface area contributed by atoms with Crippen LogP contribution >= 0.6 is 0 Å². The van der Waals surface area contributed by atoms with Gasteiger partial charge in [0.1, 0.15) is 5.75 Å². The number of phenolic OH excluding ortho intramolecular Hbond substituents is 1. The maximum Gasteiger partial charge on any atom is 0.255 e. The van der Waals surface area contributed by atoms with E-state index in [1.807, 2.05) is 0 Å². The second-order valence-electron chi connectivity index (χ2n) is 4.34. The average Bonchev–Trinajstić information content (AvgIpc) is 2.41. The van der Waals surface area contributed by atoms with E-state index in [0.29, 0.717) is 11.3 Å². The number of anilines is 1. The van der Waals surface area contributed by atoms with Crippen LogP contribution < -0.4 is 11.1 Å². The fraction of sp³-hybridized carbons (Fsp3) is 0.0667. The van der Waals surface area contributed by atoms with Crippen molar-refractivity contribution >= 4 is 17.5 Å². The minimum absolute atomic E-state index is 0.109. The summed E-state index contributed by atoms with van der Waals surface area (Å²) >= 11 is 0. The van der Waals surface area contributed by atoms with E-state index in [-0.39, 0.29) is 18.1 Å². The fourth-order valence-corrected chi connectivity index (χ4v) is 1.72. The molecule has 2 aromatic carbocycles. The molecule has 2 rings (SSSR count). The quantitative estimate of drug-likeness (QED) is 0.789. The van der Waals surface area contributed by atoms with Crippen LogP contribution in [0.5, 0.6) is 5.75 Å². The van der Waals surface area contributed by atoms with Crippen LogP contribution in [0, 0.1) is 0 Å². The number of carbonyl (C=O) groups is 2. The molecule has 0 fully saturated rings. The summed E-state index contributed by atoms with van der Waals surface area (Å²) in [7, 11) is 0. The molecule has 0 heterocycles. The van der Waals surface area contributed by atoms with Crippen molar-refractivity contribution in [2.24, 2.45) is 5.73 Å². The first-order valence-electron chi connectivity index (χ1n) is 6.02. The Labute approximate surface area is 116 Å². The van der Waals surface area contributed by atoms with Crippen molar-refractivity contribution in [3.63, 3.8) is 0 Å². The molecule has 20 heavy (non-hydrogen) atoms. The average molecular weight is 270 g/mol. The predicted octanol–water partition coefficient (Wildman–Crippen LogP) is 1.67. The molecule has 0 aromatic heterocycles. The Hall–Kier alpha value is -2.82. The Kier molecular flexibility index (Phi) is 4.00. The summed E-state index contributed by atoms with van der Waals surface area (Å²) in [4.78, 5) is 22.7. The highest BCUT2D eigenvalue weighted by Crippen LogP contribution is 2.14. The molecule has 0 saturated heterocycles. The highest BCUT2D eigenvalue weighted by Gasteiger charge is 2.06. The molecule has 0 atom stereocenters. The Morgan fingerprint density at radius 3 is 2.15 bits per heavy atom. The number of carbonyl (C=O) groups excluding carboxylic acids is 2. The van der Waals surface area contributed by atoms with Gasteiger partial charge in [-0.1, -0.05) is 12.1 Å². The molecule has 2 aromatic rings. The van der Waals surface area contributed by atoms with E-state index in [0.717, 1.165) is 5.56 Å². The van der Waals surface area contributed by atoms with E-state index < -0.39 is 5.91 Å². The first-order valence-corrected chi connectivity index (χ1v) is 6.02. The van der Waals surface area contributed by atoms with Gasteiger partial charge >= 0.3 is 0 Å². The standard InChI is InChI=1S/C15H14N2O3/c16-14(19)9-10-1-5-12(6-2-10)17-15(20)11-3-7-13(18)8-4-11/h1-8,18H,9H2,(H2,16,19)(H,17,20). The number of nitrogens with one attached hydrogen (secondary N) is 1. The number of benzene rings is 2. The van der Waals surface area contributed by atoms with Crippen molar-refractivity contribution in [1.82, 2.24) is 0 Å². The van der Waals surface area contributed by atoms with Gasteiger partial charge < -0.3 is 16.2 Å². The van der Waals surface area contributed by atoms with Crippen LogP contribution in [0.3, 0.4) is 0 Å². The van der Waals surface area contributed by atoms with Gasteiger partial charge in [-0.15, -0.1) is 0 Å². The number of hydrogen-bond donors (Lipinski definition) is 3. The predicted molar refractivity (Wildman–Crippen MR) is 75.4 cm³/mol. The molecule has 0 bridgehead atoms. The number of amides is 2. The number of aromatic hydroxyl groups is 1. The lowest BCUT2D eigenvalue weighted by molar-refractivity contribution is -0.117. The Morgan fingerprint density at radius 2 is 1.60 bits per heavy atom. The molecule has 0 unspecified atom stereocenters. The fourth-order valence-electron chi connectivity index (χ4n) is 1.72. The molecule has 2 amide bonds. The Balaban J connectivity index is 2.04. The van der Waals surface area contributed by atoms with Crippen LogP contribution in [0.4, 0.5) is 5.69 Å². The van der Waals surface area contributed by atoms with Crippen molar-refractivity contribution in [3.05, 3.63) is 59.7 Å². The van der Waals surface area contributed by atoms with Crippen molar-refractivity contribution in [2.75, 3.05) is 5.32 Å². The Bertz CT molecular complexity index is 619. The Morgan fingerprint density at radius 1 is 1.00 bits per heavy atom. The lowest BCUT2D eigenvalue weighted by Crippen LogP contribution is -2.14. The van der Waals surface area contributed by atoms with E-state index >= 15 is 0 Å². The summed E-state index contributed by atoms with van der Waals surface area (Å²) in [6, 6.07) is 12.8. The monoisotopic (exact) mass is 270 g/mol. The summed E-state index contributed by atoms with van der Waals surface area (Å²) in [6.07, 6.45) is 0.173. The van der Waals surface area contributed by atoms with Crippen LogP contribution in [-0.4, -0.2) is 16.9 Å². The van der Waals surface area contributed by atoms with Gasteiger partial charge in [-0.2, -0.15) is 0 Å². The van der Waals surface area contributed by atoms with Gasteiger partial charge in [0.2, 0.25) is 5.91 Å². The van der Waals surface area contributed by atoms with Crippen LogP contribution in [0.2, 0.25) is 0 Å². The normalized spacial score (nSPS) is 10.0. The van der Waals surface area contributed by atoms with Crippen LogP contribution in [0.25, 0.3) is 0 Å². The molecule has 0 aliphatic carbocycles. The largest absolute Gasteiger partial charge is 0.508 e. The highest BCUT2D eigenvalue weighted by atomic mass is 16.3. The second-order valence-corrected chi connectivity index (χ2v) is 4.34. The minimum Gasteiger partial charge on any atom is -0.508 e. The number of nitrogens with two attached hydrogens (primary N) is 1. The third kappa shape index (κ3) is 3.58.